The van der Waals surface area contributed by atoms with Crippen LogP contribution in [0.1, 0.15) is 11.1 Å². The van der Waals surface area contributed by atoms with E-state index in [0.29, 0.717) is 0 Å². The molecule has 0 atom stereocenters. The number of carbonyl (C=O) groups is 2. The van der Waals surface area contributed by atoms with Crippen LogP contribution in [0.15, 0.2) is 11.1 Å². The minimum absolute atomic E-state index is 1.14. The maximum Gasteiger partial charge on any atom is 0.258 e. The average molecular weight is 468 g/mol. The van der Waals surface area contributed by atoms with E-state index in [-0.39, 0.29) is 0 Å². The monoisotopic (exact) mass is 468 g/mol. The summed E-state index contributed by atoms with van der Waals surface area (Å²) in [6, 6.07) is 0. The Morgan fingerprint density at radius 1 is 0.375 bits per heavy atom. The van der Waals surface area contributed by atoms with Crippen LogP contribution in [0.5, 0.6) is 0 Å². The van der Waals surface area contributed by atoms with E-state index in [1.165, 1.54) is 0 Å². The van der Waals surface area contributed by atoms with Crippen molar-refractivity contribution in [2.24, 2.45) is 0 Å². The first-order valence-electron chi connectivity index (χ1n) is 8.05. The van der Waals surface area contributed by atoms with Crippen LogP contribution in [0.4, 0.5) is 43.9 Å². The highest BCUT2D eigenvalue weighted by Crippen LogP contribution is 2.41. The number of fused-ring (bicyclic) bond motifs is 1. The summed E-state index contributed by atoms with van der Waals surface area (Å²) in [7, 11) is 0. The first kappa shape index (κ1) is 21.4. The molecule has 4 nitrogen and oxygen atoms in total. The van der Waals surface area contributed by atoms with Crippen molar-refractivity contribution in [1.29, 1.82) is 0 Å². The van der Waals surface area contributed by atoms with Gasteiger partial charge in [-0.25, -0.2) is 43.9 Å². The van der Waals surface area contributed by atoms with E-state index < -0.39 is 104 Å². The summed E-state index contributed by atoms with van der Waals surface area (Å²) in [4.78, 5) is 24.5. The van der Waals surface area contributed by atoms with Crippen molar-refractivity contribution < 1.29 is 53.5 Å². The SMILES string of the molecule is O=C1NC(c2c(F)c(F)c(F)c(F)c2F)=C2C(=O)NC(c3c(F)c(F)c(F)c(F)c3F)=C12. The van der Waals surface area contributed by atoms with E-state index >= 15 is 0 Å². The molecule has 0 aromatic heterocycles. The van der Waals surface area contributed by atoms with Crippen LogP contribution in [0.3, 0.4) is 0 Å². The fraction of sp³-hybridized carbons (Fsp3) is 0. The summed E-state index contributed by atoms with van der Waals surface area (Å²) < 4.78 is 137. The molecule has 0 bridgehead atoms. The first-order chi connectivity index (χ1) is 14.9. The van der Waals surface area contributed by atoms with E-state index in [4.69, 9.17) is 0 Å². The van der Waals surface area contributed by atoms with Crippen LogP contribution < -0.4 is 10.6 Å². The molecule has 2 amide bonds. The van der Waals surface area contributed by atoms with Gasteiger partial charge in [0.1, 0.15) is 0 Å². The van der Waals surface area contributed by atoms with Gasteiger partial charge in [-0.2, -0.15) is 0 Å². The third-order valence-electron chi connectivity index (χ3n) is 4.60. The van der Waals surface area contributed by atoms with E-state index in [9.17, 15) is 53.5 Å². The minimum atomic E-state index is -2.55. The zero-order chi connectivity index (χ0) is 23.8. The highest BCUT2D eigenvalue weighted by molar-refractivity contribution is 6.30. The van der Waals surface area contributed by atoms with Crippen LogP contribution >= 0.6 is 0 Å². The predicted molar refractivity (Wildman–Crippen MR) is 82.6 cm³/mol. The van der Waals surface area contributed by atoms with Gasteiger partial charge in [-0.3, -0.25) is 9.59 Å². The molecular formula is C18H2F10N2O2. The highest BCUT2D eigenvalue weighted by Gasteiger charge is 2.45. The summed E-state index contributed by atoms with van der Waals surface area (Å²) in [5, 5.41) is 3.23. The summed E-state index contributed by atoms with van der Waals surface area (Å²) in [5.41, 5.74) is -8.33. The van der Waals surface area contributed by atoms with Crippen molar-refractivity contribution >= 4 is 23.2 Å². The molecule has 2 aromatic carbocycles. The average Bonchev–Trinajstić information content (AvgIpc) is 3.27. The van der Waals surface area contributed by atoms with E-state index in [1.54, 1.807) is 10.6 Å². The topological polar surface area (TPSA) is 58.2 Å². The summed E-state index contributed by atoms with van der Waals surface area (Å²) in [6.07, 6.45) is 0. The molecular weight excluding hydrogens is 466 g/mol. The number of hydrogen-bond acceptors (Lipinski definition) is 2. The Morgan fingerprint density at radius 2 is 0.594 bits per heavy atom. The van der Waals surface area contributed by atoms with Gasteiger partial charge in [-0.05, 0) is 0 Å². The predicted octanol–water partition coefficient (Wildman–Crippen LogP) is 3.46. The number of carbonyl (C=O) groups excluding carboxylic acids is 2. The van der Waals surface area contributed by atoms with Crippen LogP contribution in [-0.4, -0.2) is 11.8 Å². The molecule has 2 aromatic rings. The maximum absolute atomic E-state index is 14.1. The third kappa shape index (κ3) is 2.58. The van der Waals surface area contributed by atoms with Gasteiger partial charge >= 0.3 is 0 Å². The Bertz CT molecular complexity index is 1200. The normalized spacial score (nSPS) is 15.6. The molecule has 0 unspecified atom stereocenters. The van der Waals surface area contributed by atoms with Crippen molar-refractivity contribution in [3.63, 3.8) is 0 Å². The minimum Gasteiger partial charge on any atom is -0.320 e. The van der Waals surface area contributed by atoms with Gasteiger partial charge < -0.3 is 10.6 Å². The first-order valence-corrected chi connectivity index (χ1v) is 8.05. The summed E-state index contributed by atoms with van der Waals surface area (Å²) in [6.45, 7) is 0. The van der Waals surface area contributed by atoms with E-state index in [2.05, 4.69) is 0 Å². The fourth-order valence-electron chi connectivity index (χ4n) is 3.20. The molecule has 0 fully saturated rings. The number of nitrogens with one attached hydrogen (secondary N) is 2. The van der Waals surface area contributed by atoms with Gasteiger partial charge in [-0.1, -0.05) is 0 Å². The molecule has 14 heteroatoms. The Morgan fingerprint density at radius 3 is 0.844 bits per heavy atom. The molecule has 0 spiro atoms. The zero-order valence-electron chi connectivity index (χ0n) is 14.6. The van der Waals surface area contributed by atoms with Gasteiger partial charge in [0.15, 0.2) is 46.5 Å². The number of amides is 2. The standard InChI is InChI=1S/C18H2F10N2O2/c19-5-3(6(20)10(24)13(27)9(5)23)15-1-2(18(32)29-15)16(30-17(1)31)4-7(21)11(25)14(28)12(26)8(4)22/h(H,29,32)(H,30,31). The second-order valence-corrected chi connectivity index (χ2v) is 6.30. The molecule has 2 N–H and O–H groups in total. The van der Waals surface area contributed by atoms with Gasteiger partial charge in [0.2, 0.25) is 11.6 Å². The molecule has 166 valence electrons. The van der Waals surface area contributed by atoms with Crippen molar-refractivity contribution in [1.82, 2.24) is 10.6 Å². The van der Waals surface area contributed by atoms with E-state index in [0.717, 1.165) is 0 Å². The van der Waals surface area contributed by atoms with E-state index in [1.807, 2.05) is 0 Å². The lowest BCUT2D eigenvalue weighted by atomic mass is 10.00. The molecule has 2 aliphatic rings. The van der Waals surface area contributed by atoms with Crippen LogP contribution in [0.2, 0.25) is 0 Å². The van der Waals surface area contributed by atoms with Crippen LogP contribution in [-0.2, 0) is 9.59 Å². The zero-order valence-corrected chi connectivity index (χ0v) is 14.6. The van der Waals surface area contributed by atoms with Crippen molar-refractivity contribution in [2.45, 2.75) is 0 Å². The molecule has 32 heavy (non-hydrogen) atoms. The Kier molecular flexibility index (Phi) is 4.57. The van der Waals surface area contributed by atoms with Gasteiger partial charge in [0, 0.05) is 0 Å². The molecule has 0 saturated heterocycles. The molecule has 2 heterocycles. The van der Waals surface area contributed by atoms with Crippen LogP contribution in [0, 0.1) is 58.2 Å². The molecule has 0 aliphatic carbocycles. The smallest absolute Gasteiger partial charge is 0.258 e. The largest absolute Gasteiger partial charge is 0.320 e. The molecule has 2 aliphatic heterocycles. The lowest BCUT2D eigenvalue weighted by Gasteiger charge is -2.12. The quantitative estimate of drug-likeness (QED) is 0.403. The number of halogens is 10. The molecule has 0 radical (unpaired) electrons. The lowest BCUT2D eigenvalue weighted by molar-refractivity contribution is -0.117. The maximum atomic E-state index is 14.1. The van der Waals surface area contributed by atoms with Gasteiger partial charge in [-0.15, -0.1) is 0 Å². The van der Waals surface area contributed by atoms with Gasteiger partial charge in [0.05, 0.1) is 33.7 Å². The Labute approximate surface area is 168 Å². The van der Waals surface area contributed by atoms with Crippen molar-refractivity contribution in [3.8, 4) is 0 Å². The van der Waals surface area contributed by atoms with Crippen LogP contribution in [0.25, 0.3) is 11.4 Å². The van der Waals surface area contributed by atoms with Gasteiger partial charge in [0.25, 0.3) is 11.8 Å². The lowest BCUT2D eigenvalue weighted by Crippen LogP contribution is -2.24. The Hall–Kier alpha value is -3.84. The van der Waals surface area contributed by atoms with Crippen molar-refractivity contribution in [2.75, 3.05) is 0 Å². The number of hydrogen-bond donors (Lipinski definition) is 2. The number of rotatable bonds is 2. The van der Waals surface area contributed by atoms with Crippen molar-refractivity contribution in [3.05, 3.63) is 80.4 Å². The highest BCUT2D eigenvalue weighted by atomic mass is 19.2. The summed E-state index contributed by atoms with van der Waals surface area (Å²) >= 11 is 0. The second kappa shape index (κ2) is 6.83. The third-order valence-corrected chi connectivity index (χ3v) is 4.60. The number of benzene rings is 2. The molecule has 4 rings (SSSR count). The molecule has 0 saturated carbocycles. The second-order valence-electron chi connectivity index (χ2n) is 6.30. The fourth-order valence-corrected chi connectivity index (χ4v) is 3.20. The summed E-state index contributed by atoms with van der Waals surface area (Å²) in [5.74, 6) is -27.8. The Balaban J connectivity index is 2.07.